The third-order valence-electron chi connectivity index (χ3n) is 3.49. The number of nitrogens with zero attached hydrogens (tertiary/aromatic N) is 1. The van der Waals surface area contributed by atoms with Crippen LogP contribution in [0.2, 0.25) is 15.1 Å². The molecule has 9 heteroatoms. The zero-order chi connectivity index (χ0) is 20.5. The molecule has 0 heterocycles. The summed E-state index contributed by atoms with van der Waals surface area (Å²) in [5, 5.41) is 8.63. The number of rotatable bonds is 8. The van der Waals surface area contributed by atoms with Crippen LogP contribution in [0.3, 0.4) is 0 Å². The fourth-order valence-corrected chi connectivity index (χ4v) is 2.90. The van der Waals surface area contributed by atoms with Crippen LogP contribution in [0.1, 0.15) is 11.1 Å². The minimum absolute atomic E-state index is 0.146. The van der Waals surface area contributed by atoms with Crippen LogP contribution in [0.5, 0.6) is 11.5 Å². The summed E-state index contributed by atoms with van der Waals surface area (Å²) < 4.78 is 11.2. The second-order valence-corrected chi connectivity index (χ2v) is 6.99. The van der Waals surface area contributed by atoms with Crippen molar-refractivity contribution in [1.29, 1.82) is 0 Å². The second-order valence-electron chi connectivity index (χ2n) is 5.39. The van der Waals surface area contributed by atoms with Crippen LogP contribution in [0.4, 0.5) is 0 Å². The first-order valence-electron chi connectivity index (χ1n) is 8.07. The van der Waals surface area contributed by atoms with E-state index in [2.05, 4.69) is 22.4 Å². The Morgan fingerprint density at radius 1 is 1.18 bits per heavy atom. The average molecular weight is 459 g/mol. The van der Waals surface area contributed by atoms with Gasteiger partial charge < -0.3 is 14.8 Å². The van der Waals surface area contributed by atoms with Crippen molar-refractivity contribution in [3.8, 4) is 11.5 Å². The van der Waals surface area contributed by atoms with Gasteiger partial charge in [-0.1, -0.05) is 40.9 Å². The molecule has 0 spiro atoms. The molecule has 0 amide bonds. The van der Waals surface area contributed by atoms with E-state index in [0.717, 1.165) is 5.56 Å². The van der Waals surface area contributed by atoms with E-state index < -0.39 is 0 Å². The summed E-state index contributed by atoms with van der Waals surface area (Å²) in [6, 6.07) is 8.68. The molecule has 0 saturated heterocycles. The lowest BCUT2D eigenvalue weighted by molar-refractivity contribution is 0.284. The summed E-state index contributed by atoms with van der Waals surface area (Å²) in [6.07, 6.45) is 3.31. The molecular weight excluding hydrogens is 441 g/mol. The molecule has 0 bridgehead atoms. The molecule has 0 aliphatic rings. The normalized spacial score (nSPS) is 10.6. The van der Waals surface area contributed by atoms with E-state index in [0.29, 0.717) is 43.8 Å². The van der Waals surface area contributed by atoms with Crippen molar-refractivity contribution in [2.45, 2.75) is 6.61 Å². The van der Waals surface area contributed by atoms with Gasteiger partial charge in [-0.05, 0) is 48.1 Å². The molecule has 5 nitrogen and oxygen atoms in total. The lowest BCUT2D eigenvalue weighted by atomic mass is 10.2. The molecule has 148 valence electrons. The van der Waals surface area contributed by atoms with E-state index in [1.54, 1.807) is 43.7 Å². The van der Waals surface area contributed by atoms with Gasteiger partial charge in [-0.15, -0.1) is 6.58 Å². The number of halogens is 3. The maximum absolute atomic E-state index is 6.21. The van der Waals surface area contributed by atoms with Gasteiger partial charge in [0.2, 0.25) is 0 Å². The minimum atomic E-state index is 0.146. The zero-order valence-electron chi connectivity index (χ0n) is 15.0. The molecule has 2 rings (SSSR count). The predicted octanol–water partition coefficient (Wildman–Crippen LogP) is 5.22. The van der Waals surface area contributed by atoms with Crippen LogP contribution in [-0.4, -0.2) is 25.0 Å². The molecule has 2 N–H and O–H groups in total. The molecule has 0 unspecified atom stereocenters. The molecular formula is C19H18Cl3N3O2S. The molecule has 0 aromatic heterocycles. The standard InChI is InChI=1S/C19H18Cl3N3O2S/c1-3-8-23-19(28)25-24-10-12-4-7-16(17(9-12)26-2)27-11-13-14(20)5-6-15(21)18(13)22/h3-7,9-10H,1,8,11H2,2H3,(H2,23,25,28). The van der Waals surface area contributed by atoms with Gasteiger partial charge in [-0.2, -0.15) is 5.10 Å². The molecule has 0 radical (unpaired) electrons. The van der Waals surface area contributed by atoms with E-state index in [4.69, 9.17) is 56.5 Å². The Labute approximate surface area is 184 Å². The summed E-state index contributed by atoms with van der Waals surface area (Å²) in [5.41, 5.74) is 4.11. The molecule has 28 heavy (non-hydrogen) atoms. The Morgan fingerprint density at radius 3 is 2.64 bits per heavy atom. The van der Waals surface area contributed by atoms with Crippen LogP contribution in [0, 0.1) is 0 Å². The molecule has 2 aromatic carbocycles. The highest BCUT2D eigenvalue weighted by Crippen LogP contribution is 2.34. The Balaban J connectivity index is 2.06. The highest BCUT2D eigenvalue weighted by atomic mass is 35.5. The van der Waals surface area contributed by atoms with Gasteiger partial charge in [-0.25, -0.2) is 0 Å². The van der Waals surface area contributed by atoms with E-state index in [1.807, 2.05) is 6.07 Å². The molecule has 0 saturated carbocycles. The van der Waals surface area contributed by atoms with Crippen molar-refractivity contribution < 1.29 is 9.47 Å². The van der Waals surface area contributed by atoms with Crippen molar-refractivity contribution in [3.63, 3.8) is 0 Å². The van der Waals surface area contributed by atoms with Gasteiger partial charge in [-0.3, -0.25) is 5.43 Å². The summed E-state index contributed by atoms with van der Waals surface area (Å²) in [4.78, 5) is 0. The number of hydrogen-bond acceptors (Lipinski definition) is 4. The topological polar surface area (TPSA) is 54.9 Å². The van der Waals surface area contributed by atoms with Crippen LogP contribution >= 0.6 is 47.0 Å². The number of thiocarbonyl (C=S) groups is 1. The van der Waals surface area contributed by atoms with E-state index in [1.165, 1.54) is 0 Å². The maximum Gasteiger partial charge on any atom is 0.187 e. The smallest absolute Gasteiger partial charge is 0.187 e. The number of ether oxygens (including phenoxy) is 2. The maximum atomic E-state index is 6.21. The summed E-state index contributed by atoms with van der Waals surface area (Å²) >= 11 is 23.5. The first-order chi connectivity index (χ1) is 13.5. The Hall–Kier alpha value is -1.99. The van der Waals surface area contributed by atoms with Gasteiger partial charge in [0.25, 0.3) is 0 Å². The lowest BCUT2D eigenvalue weighted by Crippen LogP contribution is -2.31. The van der Waals surface area contributed by atoms with Gasteiger partial charge >= 0.3 is 0 Å². The molecule has 0 aliphatic carbocycles. The highest BCUT2D eigenvalue weighted by Gasteiger charge is 2.12. The fraction of sp³-hybridized carbons (Fsp3) is 0.158. The number of benzene rings is 2. The van der Waals surface area contributed by atoms with E-state index in [9.17, 15) is 0 Å². The summed E-state index contributed by atoms with van der Waals surface area (Å²) in [7, 11) is 1.55. The number of methoxy groups -OCH3 is 1. The molecule has 2 aromatic rings. The third-order valence-corrected chi connectivity index (χ3v) is 4.92. The Morgan fingerprint density at radius 2 is 1.93 bits per heavy atom. The zero-order valence-corrected chi connectivity index (χ0v) is 18.1. The minimum Gasteiger partial charge on any atom is -0.493 e. The molecule has 0 fully saturated rings. The average Bonchev–Trinajstić information content (AvgIpc) is 2.69. The number of hydrazone groups is 1. The Bertz CT molecular complexity index is 891. The van der Waals surface area contributed by atoms with Crippen molar-refractivity contribution in [2.75, 3.05) is 13.7 Å². The first kappa shape index (κ1) is 22.3. The van der Waals surface area contributed by atoms with Gasteiger partial charge in [0, 0.05) is 17.1 Å². The summed E-state index contributed by atoms with van der Waals surface area (Å²) in [6.45, 7) is 4.30. The van der Waals surface area contributed by atoms with Crippen LogP contribution in [-0.2, 0) is 6.61 Å². The Kier molecular flexibility index (Phi) is 8.86. The van der Waals surface area contributed by atoms with E-state index in [-0.39, 0.29) is 6.61 Å². The number of hydrogen-bond donors (Lipinski definition) is 2. The summed E-state index contributed by atoms with van der Waals surface area (Å²) in [5.74, 6) is 1.06. The van der Waals surface area contributed by atoms with Crippen LogP contribution in [0.25, 0.3) is 0 Å². The second kappa shape index (κ2) is 11.1. The van der Waals surface area contributed by atoms with Crippen molar-refractivity contribution in [1.82, 2.24) is 10.7 Å². The third kappa shape index (κ3) is 6.27. The van der Waals surface area contributed by atoms with E-state index >= 15 is 0 Å². The predicted molar refractivity (Wildman–Crippen MR) is 120 cm³/mol. The molecule has 0 aliphatic heterocycles. The largest absolute Gasteiger partial charge is 0.493 e. The van der Waals surface area contributed by atoms with Gasteiger partial charge in [0.1, 0.15) is 6.61 Å². The highest BCUT2D eigenvalue weighted by molar-refractivity contribution is 7.80. The fourth-order valence-electron chi connectivity index (χ4n) is 2.10. The van der Waals surface area contributed by atoms with Gasteiger partial charge in [0.05, 0.1) is 23.4 Å². The van der Waals surface area contributed by atoms with Crippen molar-refractivity contribution >= 4 is 58.3 Å². The van der Waals surface area contributed by atoms with Crippen molar-refractivity contribution in [3.05, 3.63) is 69.2 Å². The lowest BCUT2D eigenvalue weighted by Gasteiger charge is -2.13. The van der Waals surface area contributed by atoms with Crippen LogP contribution in [0.15, 0.2) is 48.1 Å². The molecule has 0 atom stereocenters. The van der Waals surface area contributed by atoms with Crippen molar-refractivity contribution in [2.24, 2.45) is 5.10 Å². The first-order valence-corrected chi connectivity index (χ1v) is 9.61. The van der Waals surface area contributed by atoms with Crippen LogP contribution < -0.4 is 20.2 Å². The number of nitrogens with one attached hydrogen (secondary N) is 2. The SMILES string of the molecule is C=CCNC(=S)NN=Cc1ccc(OCc2c(Cl)ccc(Cl)c2Cl)c(OC)c1. The van der Waals surface area contributed by atoms with Gasteiger partial charge in [0.15, 0.2) is 16.6 Å². The quantitative estimate of drug-likeness (QED) is 0.187. The monoisotopic (exact) mass is 457 g/mol.